The molecule has 1 heterocycles. The van der Waals surface area contributed by atoms with E-state index in [9.17, 15) is 9.90 Å². The Kier molecular flexibility index (Phi) is 3.12. The van der Waals surface area contributed by atoms with Gasteiger partial charge in [-0.15, -0.1) is 0 Å². The van der Waals surface area contributed by atoms with Crippen LogP contribution in [0.4, 0.5) is 0 Å². The fourth-order valence-corrected chi connectivity index (χ4v) is 2.16. The van der Waals surface area contributed by atoms with Crippen molar-refractivity contribution in [2.45, 2.75) is 12.8 Å². The van der Waals surface area contributed by atoms with Gasteiger partial charge in [0.25, 0.3) is 0 Å². The predicted octanol–water partition coefficient (Wildman–Crippen LogP) is 1.92. The number of aliphatic hydroxyl groups is 1. The van der Waals surface area contributed by atoms with Crippen LogP contribution >= 0.6 is 0 Å². The first-order valence-corrected chi connectivity index (χ1v) is 6.35. The molecule has 0 fully saturated rings. The van der Waals surface area contributed by atoms with E-state index < -0.39 is 0 Å². The Morgan fingerprint density at radius 2 is 2.05 bits per heavy atom. The molecule has 0 amide bonds. The zero-order chi connectivity index (χ0) is 14.1. The van der Waals surface area contributed by atoms with Crippen LogP contribution < -0.4 is 5.43 Å². The summed E-state index contributed by atoms with van der Waals surface area (Å²) in [5.74, 6) is 0.502. The molecule has 1 aliphatic heterocycles. The number of hydrogen-bond donors (Lipinski definition) is 2. The first-order chi connectivity index (χ1) is 9.67. The first-order valence-electron chi connectivity index (χ1n) is 6.35. The first kappa shape index (κ1) is 12.6. The third kappa shape index (κ3) is 2.23. The van der Waals surface area contributed by atoms with Gasteiger partial charge in [-0.3, -0.25) is 4.79 Å². The number of benzene rings is 2. The highest BCUT2D eigenvalue weighted by molar-refractivity contribution is 5.78. The van der Waals surface area contributed by atoms with Gasteiger partial charge in [-0.2, -0.15) is 0 Å². The molecular formula is C15H13NO4. The van der Waals surface area contributed by atoms with E-state index in [4.69, 9.17) is 9.52 Å². The zero-order valence-electron chi connectivity index (χ0n) is 10.7. The fourth-order valence-electron chi connectivity index (χ4n) is 2.16. The number of fused-ring (bicyclic) bond motifs is 2. The smallest absolute Gasteiger partial charge is 0.182 e. The molecule has 0 radical (unpaired) electrons. The van der Waals surface area contributed by atoms with Gasteiger partial charge in [-0.1, -0.05) is 0 Å². The van der Waals surface area contributed by atoms with Gasteiger partial charge in [0.1, 0.15) is 17.0 Å². The summed E-state index contributed by atoms with van der Waals surface area (Å²) in [6.45, 7) is 0.0687. The molecule has 1 aromatic carbocycles. The Balaban J connectivity index is 2.19. The molecule has 0 saturated heterocycles. The summed E-state index contributed by atoms with van der Waals surface area (Å²) in [7, 11) is 0. The average molecular weight is 271 g/mol. The quantitative estimate of drug-likeness (QED) is 0.711. The minimum Gasteiger partial charge on any atom is -0.508 e. The molecule has 0 saturated carbocycles. The molecule has 0 bridgehead atoms. The maximum atomic E-state index is 11.3. The molecule has 0 unspecified atom stereocenters. The lowest BCUT2D eigenvalue weighted by molar-refractivity contribution is 0.288. The zero-order valence-corrected chi connectivity index (χ0v) is 10.7. The lowest BCUT2D eigenvalue weighted by Gasteiger charge is -2.08. The summed E-state index contributed by atoms with van der Waals surface area (Å²) in [5, 5.41) is 18.8. The van der Waals surface area contributed by atoms with Crippen molar-refractivity contribution in [1.82, 2.24) is 4.98 Å². The fraction of sp³-hybridized carbons (Fsp3) is 0.200. The van der Waals surface area contributed by atoms with Gasteiger partial charge in [0.05, 0.1) is 0 Å². The second-order valence-corrected chi connectivity index (χ2v) is 4.62. The van der Waals surface area contributed by atoms with E-state index in [1.54, 1.807) is 12.1 Å². The third-order valence-electron chi connectivity index (χ3n) is 3.16. The topological polar surface area (TPSA) is 83.6 Å². The number of rotatable bonds is 3. The molecule has 2 N–H and O–H groups in total. The van der Waals surface area contributed by atoms with Crippen molar-refractivity contribution in [3.05, 3.63) is 46.1 Å². The molecule has 0 aromatic heterocycles. The van der Waals surface area contributed by atoms with E-state index >= 15 is 0 Å². The van der Waals surface area contributed by atoms with Crippen LogP contribution in [0.5, 0.6) is 5.75 Å². The molecule has 5 nitrogen and oxygen atoms in total. The van der Waals surface area contributed by atoms with Crippen LogP contribution in [0.25, 0.3) is 22.6 Å². The van der Waals surface area contributed by atoms with Gasteiger partial charge >= 0.3 is 0 Å². The molecule has 5 heteroatoms. The second-order valence-electron chi connectivity index (χ2n) is 4.62. The third-order valence-corrected chi connectivity index (χ3v) is 3.16. The van der Waals surface area contributed by atoms with Crippen LogP contribution in [0.3, 0.4) is 0 Å². The lowest BCUT2D eigenvalue weighted by atomic mass is 10.1. The number of aryl methyl sites for hydroxylation is 1. The van der Waals surface area contributed by atoms with Crippen molar-refractivity contribution >= 4 is 11.1 Å². The molecule has 2 aliphatic rings. The molecular weight excluding hydrogens is 258 g/mol. The van der Waals surface area contributed by atoms with Crippen molar-refractivity contribution in [2.75, 3.05) is 6.61 Å². The summed E-state index contributed by atoms with van der Waals surface area (Å²) in [4.78, 5) is 15.7. The number of phenolic OH excluding ortho intramolecular Hbond substituents is 1. The van der Waals surface area contributed by atoms with Crippen molar-refractivity contribution in [3.8, 4) is 17.2 Å². The van der Waals surface area contributed by atoms with Crippen molar-refractivity contribution in [3.63, 3.8) is 0 Å². The van der Waals surface area contributed by atoms with E-state index in [-0.39, 0.29) is 17.8 Å². The highest BCUT2D eigenvalue weighted by Crippen LogP contribution is 2.29. The highest BCUT2D eigenvalue weighted by Gasteiger charge is 2.12. The van der Waals surface area contributed by atoms with Crippen molar-refractivity contribution < 1.29 is 14.6 Å². The van der Waals surface area contributed by atoms with Crippen LogP contribution in [0.15, 0.2) is 39.5 Å². The minimum atomic E-state index is -0.147. The van der Waals surface area contributed by atoms with E-state index in [2.05, 4.69) is 4.98 Å². The van der Waals surface area contributed by atoms with Crippen LogP contribution in [0, 0.1) is 0 Å². The second kappa shape index (κ2) is 4.94. The molecule has 1 aliphatic carbocycles. The Morgan fingerprint density at radius 1 is 1.20 bits per heavy atom. The maximum absolute atomic E-state index is 11.3. The highest BCUT2D eigenvalue weighted by atomic mass is 16.3. The van der Waals surface area contributed by atoms with Crippen molar-refractivity contribution in [1.29, 1.82) is 0 Å². The van der Waals surface area contributed by atoms with E-state index in [0.29, 0.717) is 41.0 Å². The summed E-state index contributed by atoms with van der Waals surface area (Å²) >= 11 is 0. The Bertz CT molecular complexity index is 794. The monoisotopic (exact) mass is 271 g/mol. The summed E-state index contributed by atoms with van der Waals surface area (Å²) in [5.41, 5.74) is 2.20. The predicted molar refractivity (Wildman–Crippen MR) is 74.0 cm³/mol. The summed E-state index contributed by atoms with van der Waals surface area (Å²) < 4.78 is 5.60. The molecule has 1 aromatic rings. The van der Waals surface area contributed by atoms with Gasteiger partial charge in [-0.05, 0) is 36.6 Å². The average Bonchev–Trinajstić information content (AvgIpc) is 2.43. The molecule has 20 heavy (non-hydrogen) atoms. The number of phenols is 1. The normalized spacial score (nSPS) is 11.2. The standard InChI is InChI=1S/C15H13NO4/c17-5-1-2-9-6-12-15(8-13(9)19)20-14-7-10(18)3-4-11(14)16-12/h3-4,6-8,17,19H,1-2,5H2. The molecule has 0 spiro atoms. The molecule has 0 atom stereocenters. The molecule has 3 rings (SSSR count). The Labute approximate surface area is 114 Å². The van der Waals surface area contributed by atoms with Gasteiger partial charge in [-0.25, -0.2) is 4.98 Å². The van der Waals surface area contributed by atoms with Crippen molar-refractivity contribution in [2.24, 2.45) is 0 Å². The van der Waals surface area contributed by atoms with E-state index in [1.165, 1.54) is 18.2 Å². The Hall–Kier alpha value is -2.40. The van der Waals surface area contributed by atoms with Crippen LogP contribution in [-0.4, -0.2) is 21.8 Å². The molecule has 102 valence electrons. The van der Waals surface area contributed by atoms with E-state index in [1.807, 2.05) is 0 Å². The summed E-state index contributed by atoms with van der Waals surface area (Å²) in [6.07, 6.45) is 1.14. The van der Waals surface area contributed by atoms with Crippen LogP contribution in [-0.2, 0) is 6.42 Å². The van der Waals surface area contributed by atoms with Gasteiger partial charge in [0, 0.05) is 18.7 Å². The lowest BCUT2D eigenvalue weighted by Crippen LogP contribution is -1.99. The van der Waals surface area contributed by atoms with Gasteiger partial charge < -0.3 is 14.6 Å². The SMILES string of the molecule is O=c1ccc2nc3cc(CCCO)c(O)cc3oc-2c1. The van der Waals surface area contributed by atoms with Gasteiger partial charge in [0.15, 0.2) is 16.8 Å². The summed E-state index contributed by atoms with van der Waals surface area (Å²) in [6, 6.07) is 7.66. The largest absolute Gasteiger partial charge is 0.508 e. The van der Waals surface area contributed by atoms with Crippen LogP contribution in [0.1, 0.15) is 12.0 Å². The minimum absolute atomic E-state index is 0.0687. The number of aromatic nitrogens is 1. The Morgan fingerprint density at radius 3 is 2.85 bits per heavy atom. The number of nitrogens with zero attached hydrogens (tertiary/aromatic N) is 1. The number of aromatic hydroxyl groups is 1. The van der Waals surface area contributed by atoms with Gasteiger partial charge in [0.2, 0.25) is 0 Å². The maximum Gasteiger partial charge on any atom is 0.182 e. The van der Waals surface area contributed by atoms with E-state index in [0.717, 1.165) is 0 Å². The number of aliphatic hydroxyl groups excluding tert-OH is 1. The number of hydrogen-bond acceptors (Lipinski definition) is 5. The van der Waals surface area contributed by atoms with Crippen LogP contribution in [0.2, 0.25) is 0 Å².